The fourth-order valence-corrected chi connectivity index (χ4v) is 2.23. The van der Waals surface area contributed by atoms with E-state index < -0.39 is 10.7 Å². The number of anilines is 1. The van der Waals surface area contributed by atoms with Gasteiger partial charge in [-0.15, -0.1) is 0 Å². The van der Waals surface area contributed by atoms with Crippen LogP contribution in [0.3, 0.4) is 0 Å². The summed E-state index contributed by atoms with van der Waals surface area (Å²) in [5.41, 5.74) is 0.588. The molecule has 4 nitrogen and oxygen atoms in total. The molecule has 0 heterocycles. The van der Waals surface area contributed by atoms with E-state index in [4.69, 9.17) is 0 Å². The lowest BCUT2D eigenvalue weighted by molar-refractivity contribution is -0.385. The third-order valence-corrected chi connectivity index (χ3v) is 3.59. The van der Waals surface area contributed by atoms with E-state index in [1.165, 1.54) is 18.2 Å². The van der Waals surface area contributed by atoms with E-state index in [9.17, 15) is 18.9 Å². The summed E-state index contributed by atoms with van der Waals surface area (Å²) >= 11 is 3.09. The Labute approximate surface area is 128 Å². The minimum atomic E-state index is -0.711. The summed E-state index contributed by atoms with van der Waals surface area (Å²) in [4.78, 5) is 9.90. The number of halogens is 3. The van der Waals surface area contributed by atoms with E-state index >= 15 is 0 Å². The summed E-state index contributed by atoms with van der Waals surface area (Å²) in [6.07, 6.45) is 0. The molecule has 0 saturated carbocycles. The van der Waals surface area contributed by atoms with Gasteiger partial charge < -0.3 is 5.32 Å². The highest BCUT2D eigenvalue weighted by Gasteiger charge is 2.14. The standard InChI is InChI=1S/C14H11BrF2N2O2/c1-8(9-2-4-12(16)11(15)6-9)18-14-5-3-10(19(20)21)7-13(14)17/h2-8,18H,1H3. The van der Waals surface area contributed by atoms with Crippen molar-refractivity contribution in [1.29, 1.82) is 0 Å². The average molecular weight is 357 g/mol. The van der Waals surface area contributed by atoms with Gasteiger partial charge in [-0.25, -0.2) is 8.78 Å². The number of nitrogens with zero attached hydrogens (tertiary/aromatic N) is 1. The third kappa shape index (κ3) is 3.55. The van der Waals surface area contributed by atoms with E-state index in [-0.39, 0.29) is 23.2 Å². The van der Waals surface area contributed by atoms with Crippen molar-refractivity contribution in [3.8, 4) is 0 Å². The maximum Gasteiger partial charge on any atom is 0.272 e. The van der Waals surface area contributed by atoms with Gasteiger partial charge in [-0.2, -0.15) is 0 Å². The van der Waals surface area contributed by atoms with E-state index in [1.807, 2.05) is 0 Å². The summed E-state index contributed by atoms with van der Waals surface area (Å²) in [7, 11) is 0. The summed E-state index contributed by atoms with van der Waals surface area (Å²) in [6.45, 7) is 1.78. The van der Waals surface area contributed by atoms with E-state index in [2.05, 4.69) is 21.2 Å². The zero-order chi connectivity index (χ0) is 15.6. The number of rotatable bonds is 4. The van der Waals surface area contributed by atoms with Crippen LogP contribution in [0.1, 0.15) is 18.5 Å². The molecule has 110 valence electrons. The first-order valence-corrected chi connectivity index (χ1v) is 6.83. The number of hydrogen-bond donors (Lipinski definition) is 1. The number of hydrogen-bond acceptors (Lipinski definition) is 3. The molecule has 0 radical (unpaired) electrons. The van der Waals surface area contributed by atoms with Crippen LogP contribution in [-0.2, 0) is 0 Å². The Hall–Kier alpha value is -2.02. The largest absolute Gasteiger partial charge is 0.376 e. The Morgan fingerprint density at radius 2 is 1.90 bits per heavy atom. The van der Waals surface area contributed by atoms with Crippen molar-refractivity contribution in [2.75, 3.05) is 5.32 Å². The van der Waals surface area contributed by atoms with Gasteiger partial charge in [-0.05, 0) is 46.6 Å². The lowest BCUT2D eigenvalue weighted by Gasteiger charge is -2.16. The molecular weight excluding hydrogens is 346 g/mol. The number of nitro benzene ring substituents is 1. The topological polar surface area (TPSA) is 55.2 Å². The van der Waals surface area contributed by atoms with Gasteiger partial charge in [0.25, 0.3) is 5.69 Å². The molecule has 2 aromatic carbocycles. The summed E-state index contributed by atoms with van der Waals surface area (Å²) in [5, 5.41) is 13.5. The second-order valence-corrected chi connectivity index (χ2v) is 5.32. The van der Waals surface area contributed by atoms with Crippen LogP contribution < -0.4 is 5.32 Å². The first kappa shape index (κ1) is 15.4. The summed E-state index contributed by atoms with van der Waals surface area (Å²) in [6, 6.07) is 7.58. The van der Waals surface area contributed by atoms with Crippen LogP contribution >= 0.6 is 15.9 Å². The highest BCUT2D eigenvalue weighted by molar-refractivity contribution is 9.10. The second-order valence-electron chi connectivity index (χ2n) is 4.46. The molecule has 0 fully saturated rings. The van der Waals surface area contributed by atoms with Gasteiger partial charge in [0.2, 0.25) is 0 Å². The van der Waals surface area contributed by atoms with Crippen molar-refractivity contribution in [3.05, 3.63) is 68.2 Å². The molecule has 0 bridgehead atoms. The average Bonchev–Trinajstić information content (AvgIpc) is 2.43. The monoisotopic (exact) mass is 356 g/mol. The number of nitrogens with one attached hydrogen (secondary N) is 1. The van der Waals surface area contributed by atoms with Gasteiger partial charge >= 0.3 is 0 Å². The quantitative estimate of drug-likeness (QED) is 0.631. The fourth-order valence-electron chi connectivity index (χ4n) is 1.83. The Kier molecular flexibility index (Phi) is 4.52. The van der Waals surface area contributed by atoms with Crippen molar-refractivity contribution < 1.29 is 13.7 Å². The van der Waals surface area contributed by atoms with E-state index in [0.29, 0.717) is 4.47 Å². The Morgan fingerprint density at radius 3 is 2.48 bits per heavy atom. The summed E-state index contributed by atoms with van der Waals surface area (Å²) in [5.74, 6) is -1.09. The van der Waals surface area contributed by atoms with Crippen LogP contribution in [0.4, 0.5) is 20.2 Å². The van der Waals surface area contributed by atoms with Gasteiger partial charge in [0.15, 0.2) is 5.82 Å². The molecular formula is C14H11BrF2N2O2. The molecule has 1 unspecified atom stereocenters. The van der Waals surface area contributed by atoms with Gasteiger partial charge in [-0.1, -0.05) is 6.07 Å². The maximum absolute atomic E-state index is 13.8. The van der Waals surface area contributed by atoms with Crippen molar-refractivity contribution in [1.82, 2.24) is 0 Å². The van der Waals surface area contributed by atoms with Crippen LogP contribution in [0.5, 0.6) is 0 Å². The lowest BCUT2D eigenvalue weighted by Crippen LogP contribution is -2.08. The molecule has 21 heavy (non-hydrogen) atoms. The molecule has 0 aliphatic heterocycles. The van der Waals surface area contributed by atoms with Crippen molar-refractivity contribution >= 4 is 27.3 Å². The Balaban J connectivity index is 2.21. The molecule has 0 amide bonds. The normalized spacial score (nSPS) is 12.0. The zero-order valence-corrected chi connectivity index (χ0v) is 12.5. The van der Waals surface area contributed by atoms with Crippen molar-refractivity contribution in [2.45, 2.75) is 13.0 Å². The first-order chi connectivity index (χ1) is 9.88. The maximum atomic E-state index is 13.8. The third-order valence-electron chi connectivity index (χ3n) is 2.98. The fraction of sp³-hybridized carbons (Fsp3) is 0.143. The molecule has 7 heteroatoms. The first-order valence-electron chi connectivity index (χ1n) is 6.04. The molecule has 2 aromatic rings. The minimum Gasteiger partial charge on any atom is -0.376 e. The number of non-ortho nitro benzene ring substituents is 1. The molecule has 1 atom stereocenters. The highest BCUT2D eigenvalue weighted by Crippen LogP contribution is 2.27. The SMILES string of the molecule is CC(Nc1ccc([N+](=O)[O-])cc1F)c1ccc(F)c(Br)c1. The van der Waals surface area contributed by atoms with E-state index in [0.717, 1.165) is 11.6 Å². The number of nitro groups is 1. The molecule has 2 rings (SSSR count). The van der Waals surface area contributed by atoms with Crippen LogP contribution in [-0.4, -0.2) is 4.92 Å². The Bertz CT molecular complexity index is 695. The van der Waals surface area contributed by atoms with Crippen LogP contribution in [0, 0.1) is 21.7 Å². The molecule has 1 N–H and O–H groups in total. The predicted molar refractivity (Wildman–Crippen MR) is 79.2 cm³/mol. The molecule has 0 saturated heterocycles. The van der Waals surface area contributed by atoms with Crippen LogP contribution in [0.2, 0.25) is 0 Å². The van der Waals surface area contributed by atoms with E-state index in [1.54, 1.807) is 19.1 Å². The zero-order valence-electron chi connectivity index (χ0n) is 10.9. The van der Waals surface area contributed by atoms with Crippen molar-refractivity contribution in [3.63, 3.8) is 0 Å². The second kappa shape index (κ2) is 6.17. The smallest absolute Gasteiger partial charge is 0.272 e. The van der Waals surface area contributed by atoms with Gasteiger partial charge in [0, 0.05) is 12.1 Å². The molecule has 0 spiro atoms. The Morgan fingerprint density at radius 1 is 1.19 bits per heavy atom. The molecule has 0 aliphatic carbocycles. The minimum absolute atomic E-state index is 0.147. The highest BCUT2D eigenvalue weighted by atomic mass is 79.9. The van der Waals surface area contributed by atoms with Crippen LogP contribution in [0.15, 0.2) is 40.9 Å². The van der Waals surface area contributed by atoms with Gasteiger partial charge in [0.1, 0.15) is 5.82 Å². The lowest BCUT2D eigenvalue weighted by atomic mass is 10.1. The van der Waals surface area contributed by atoms with Gasteiger partial charge in [-0.3, -0.25) is 10.1 Å². The molecule has 0 aliphatic rings. The van der Waals surface area contributed by atoms with Gasteiger partial charge in [0.05, 0.1) is 21.1 Å². The molecule has 0 aromatic heterocycles. The van der Waals surface area contributed by atoms with Crippen molar-refractivity contribution in [2.24, 2.45) is 0 Å². The van der Waals surface area contributed by atoms with Crippen LogP contribution in [0.25, 0.3) is 0 Å². The predicted octanol–water partition coefficient (Wildman–Crippen LogP) is 4.81. The number of benzene rings is 2. The summed E-state index contributed by atoms with van der Waals surface area (Å²) < 4.78 is 27.3.